The number of piperidine rings is 1. The highest BCUT2D eigenvalue weighted by Crippen LogP contribution is 2.33. The van der Waals surface area contributed by atoms with Gasteiger partial charge in [0.2, 0.25) is 0 Å². The number of rotatable bonds is 8. The summed E-state index contributed by atoms with van der Waals surface area (Å²) < 4.78 is 19.7. The van der Waals surface area contributed by atoms with Crippen molar-refractivity contribution in [3.05, 3.63) is 18.5 Å². The summed E-state index contributed by atoms with van der Waals surface area (Å²) in [7, 11) is 5.22. The summed E-state index contributed by atoms with van der Waals surface area (Å²) in [6.07, 6.45) is 5.08. The fourth-order valence-corrected chi connectivity index (χ4v) is 4.68. The lowest BCUT2D eigenvalue weighted by atomic mass is 9.81. The van der Waals surface area contributed by atoms with Crippen LogP contribution in [0.3, 0.4) is 0 Å². The second kappa shape index (κ2) is 10.3. The van der Waals surface area contributed by atoms with Crippen LogP contribution < -0.4 is 10.2 Å². The van der Waals surface area contributed by atoms with E-state index in [-0.39, 0.29) is 11.5 Å². The Balaban J connectivity index is 1.60. The largest absolute Gasteiger partial charge is 0.492 e. The topological polar surface area (TPSA) is 65.8 Å². The van der Waals surface area contributed by atoms with Crippen LogP contribution in [0, 0.1) is 5.41 Å². The van der Waals surface area contributed by atoms with Crippen LogP contribution in [-0.2, 0) is 16.2 Å². The van der Waals surface area contributed by atoms with Crippen molar-refractivity contribution in [3.8, 4) is 5.75 Å². The number of hydrogen-bond donors (Lipinski definition) is 0. The van der Waals surface area contributed by atoms with Gasteiger partial charge in [0.15, 0.2) is 0 Å². The summed E-state index contributed by atoms with van der Waals surface area (Å²) in [5.74, 6) is 0.735. The van der Waals surface area contributed by atoms with Crippen molar-refractivity contribution in [2.24, 2.45) is 5.41 Å². The molecule has 34 heavy (non-hydrogen) atoms. The maximum atomic E-state index is 12.4. The van der Waals surface area contributed by atoms with Crippen molar-refractivity contribution >= 4 is 38.5 Å². The summed E-state index contributed by atoms with van der Waals surface area (Å²) >= 11 is 0. The number of pyridine rings is 1. The molecule has 0 aromatic carbocycles. The summed E-state index contributed by atoms with van der Waals surface area (Å²) in [5.41, 5.74) is 0.888. The molecule has 0 spiro atoms. The number of ether oxygens (including phenoxy) is 3. The van der Waals surface area contributed by atoms with Crippen LogP contribution in [0.2, 0.25) is 25.7 Å². The Bertz CT molecular complexity index is 988. The van der Waals surface area contributed by atoms with Crippen molar-refractivity contribution in [2.45, 2.75) is 78.6 Å². The molecule has 1 saturated heterocycles. The molecule has 0 N–H and O–H groups in total. The Hall–Kier alpha value is -2.00. The predicted molar refractivity (Wildman–Crippen MR) is 140 cm³/mol. The molecule has 3 heterocycles. The van der Waals surface area contributed by atoms with Gasteiger partial charge in [-0.25, -0.2) is 9.78 Å². The Kier molecular flexibility index (Phi) is 8.07. The van der Waals surface area contributed by atoms with Crippen molar-refractivity contribution < 1.29 is 19.0 Å². The first-order chi connectivity index (χ1) is 15.8. The maximum absolute atomic E-state index is 12.4. The van der Waals surface area contributed by atoms with E-state index in [1.165, 1.54) is 0 Å². The standard InChI is InChI=1S/C25H40BN3O4Si/c1-24(2,3)33-23(30)28-12-9-25(4,10-13-28)17-32-20-8-11-27-22-21(20)19(26)16-29(22)18-31-14-15-34(5,6)7/h8,11,16H,9-10,12-15,17-18H2,1-7H3. The molecule has 1 aliphatic heterocycles. The average molecular weight is 486 g/mol. The summed E-state index contributed by atoms with van der Waals surface area (Å²) in [4.78, 5) is 18.7. The highest BCUT2D eigenvalue weighted by atomic mass is 28.3. The molecular formula is C25H40BN3O4Si. The van der Waals surface area contributed by atoms with E-state index in [1.54, 1.807) is 11.1 Å². The smallest absolute Gasteiger partial charge is 0.410 e. The minimum absolute atomic E-state index is 0.0363. The van der Waals surface area contributed by atoms with Crippen LogP contribution in [0.1, 0.15) is 40.5 Å². The monoisotopic (exact) mass is 485 g/mol. The van der Waals surface area contributed by atoms with Gasteiger partial charge in [-0.05, 0) is 45.7 Å². The Labute approximate surface area is 206 Å². The first-order valence-corrected chi connectivity index (χ1v) is 15.9. The molecule has 7 nitrogen and oxygen atoms in total. The number of likely N-dealkylation sites (tertiary alicyclic amines) is 1. The molecule has 1 amide bonds. The quantitative estimate of drug-likeness (QED) is 0.405. The number of aromatic nitrogens is 2. The van der Waals surface area contributed by atoms with E-state index in [0.29, 0.717) is 31.9 Å². The number of hydrogen-bond acceptors (Lipinski definition) is 5. The van der Waals surface area contributed by atoms with Crippen molar-refractivity contribution in [2.75, 3.05) is 26.3 Å². The highest BCUT2D eigenvalue weighted by molar-refractivity contribution is 6.76. The SMILES string of the molecule is [B]c1cn(COCC[Si](C)(C)C)c2nccc(OCC3(C)CCN(C(=O)OC(C)(C)C)CC3)c12. The third-order valence-electron chi connectivity index (χ3n) is 6.17. The molecule has 2 aromatic heterocycles. The van der Waals surface area contributed by atoms with Gasteiger partial charge in [-0.15, -0.1) is 0 Å². The molecule has 0 aliphatic carbocycles. The van der Waals surface area contributed by atoms with Gasteiger partial charge in [-0.3, -0.25) is 0 Å². The van der Waals surface area contributed by atoms with Crippen LogP contribution in [-0.4, -0.2) is 68.4 Å². The average Bonchev–Trinajstić information content (AvgIpc) is 3.04. The van der Waals surface area contributed by atoms with Crippen molar-refractivity contribution in [1.82, 2.24) is 14.5 Å². The molecule has 0 saturated carbocycles. The van der Waals surface area contributed by atoms with E-state index in [0.717, 1.165) is 42.3 Å². The third-order valence-corrected chi connectivity index (χ3v) is 7.88. The Morgan fingerprint density at radius 3 is 2.53 bits per heavy atom. The molecule has 3 rings (SSSR count). The summed E-state index contributed by atoms with van der Waals surface area (Å²) in [5, 5.41) is 0.825. The number of amides is 1. The van der Waals surface area contributed by atoms with E-state index in [4.69, 9.17) is 22.1 Å². The van der Waals surface area contributed by atoms with Crippen LogP contribution in [0.5, 0.6) is 5.75 Å². The molecule has 0 unspecified atom stereocenters. The molecule has 2 aromatic rings. The molecule has 1 aliphatic rings. The van der Waals surface area contributed by atoms with Gasteiger partial charge >= 0.3 is 6.09 Å². The van der Waals surface area contributed by atoms with Crippen molar-refractivity contribution in [3.63, 3.8) is 0 Å². The molecule has 1 fully saturated rings. The first kappa shape index (κ1) is 26.6. The van der Waals surface area contributed by atoms with Crippen LogP contribution in [0.4, 0.5) is 4.79 Å². The number of carbonyl (C=O) groups excluding carboxylic acids is 1. The fraction of sp³-hybridized carbons (Fsp3) is 0.680. The van der Waals surface area contributed by atoms with Gasteiger partial charge in [0, 0.05) is 45.6 Å². The minimum atomic E-state index is -1.13. The minimum Gasteiger partial charge on any atom is -0.492 e. The predicted octanol–water partition coefficient (Wildman–Crippen LogP) is 4.56. The van der Waals surface area contributed by atoms with Gasteiger partial charge in [-0.2, -0.15) is 0 Å². The normalized spacial score (nSPS) is 16.6. The zero-order valence-corrected chi connectivity index (χ0v) is 22.9. The molecule has 0 atom stereocenters. The zero-order valence-electron chi connectivity index (χ0n) is 21.9. The molecule has 0 bridgehead atoms. The third kappa shape index (κ3) is 7.25. The van der Waals surface area contributed by atoms with E-state index in [2.05, 4.69) is 31.5 Å². The van der Waals surface area contributed by atoms with Gasteiger partial charge in [0.1, 0.15) is 31.6 Å². The lowest BCUT2D eigenvalue weighted by molar-refractivity contribution is 0.00603. The number of nitrogens with zero attached hydrogens (tertiary/aromatic N) is 3. The number of carbonyl (C=O) groups is 1. The second-order valence-electron chi connectivity index (χ2n) is 12.0. The summed E-state index contributed by atoms with van der Waals surface area (Å²) in [6, 6.07) is 2.99. The van der Waals surface area contributed by atoms with E-state index < -0.39 is 13.7 Å². The van der Waals surface area contributed by atoms with Gasteiger partial charge in [0.25, 0.3) is 0 Å². The Morgan fingerprint density at radius 2 is 1.91 bits per heavy atom. The molecule has 2 radical (unpaired) electrons. The number of fused-ring (bicyclic) bond motifs is 1. The van der Waals surface area contributed by atoms with Gasteiger partial charge in [-0.1, -0.05) is 32.0 Å². The second-order valence-corrected chi connectivity index (χ2v) is 17.6. The maximum Gasteiger partial charge on any atom is 0.410 e. The van der Waals surface area contributed by atoms with E-state index in [9.17, 15) is 4.79 Å². The zero-order chi connectivity index (χ0) is 25.1. The molecule has 9 heteroatoms. The molecular weight excluding hydrogens is 445 g/mol. The fourth-order valence-electron chi connectivity index (χ4n) is 3.93. The van der Waals surface area contributed by atoms with Crippen LogP contribution >= 0.6 is 0 Å². The summed E-state index contributed by atoms with van der Waals surface area (Å²) in [6.45, 7) is 17.9. The van der Waals surface area contributed by atoms with Crippen LogP contribution in [0.15, 0.2) is 18.5 Å². The Morgan fingerprint density at radius 1 is 1.24 bits per heavy atom. The van der Waals surface area contributed by atoms with Crippen molar-refractivity contribution in [1.29, 1.82) is 0 Å². The van der Waals surface area contributed by atoms with Crippen LogP contribution in [0.25, 0.3) is 11.0 Å². The van der Waals surface area contributed by atoms with E-state index in [1.807, 2.05) is 37.6 Å². The van der Waals surface area contributed by atoms with Gasteiger partial charge < -0.3 is 23.7 Å². The lowest BCUT2D eigenvalue weighted by Crippen LogP contribution is -2.46. The molecule has 186 valence electrons. The van der Waals surface area contributed by atoms with E-state index >= 15 is 0 Å². The highest BCUT2D eigenvalue weighted by Gasteiger charge is 2.34. The lowest BCUT2D eigenvalue weighted by Gasteiger charge is -2.39. The van der Waals surface area contributed by atoms with Gasteiger partial charge in [0.05, 0.1) is 12.0 Å². The first-order valence-electron chi connectivity index (χ1n) is 12.2.